The van der Waals surface area contributed by atoms with E-state index in [0.29, 0.717) is 25.2 Å². The zero-order valence-electron chi connectivity index (χ0n) is 13.6. The number of nitrogens with one attached hydrogen (secondary N) is 1. The summed E-state index contributed by atoms with van der Waals surface area (Å²) in [6.45, 7) is 4.01. The van der Waals surface area contributed by atoms with Gasteiger partial charge >= 0.3 is 6.03 Å². The van der Waals surface area contributed by atoms with Crippen LogP contribution in [-0.4, -0.2) is 36.7 Å². The van der Waals surface area contributed by atoms with Crippen molar-refractivity contribution in [3.8, 4) is 11.5 Å². The van der Waals surface area contributed by atoms with E-state index in [-0.39, 0.29) is 12.1 Å². The van der Waals surface area contributed by atoms with Crippen molar-refractivity contribution in [2.75, 3.05) is 19.8 Å². The maximum atomic E-state index is 12.6. The number of hydrogen-bond donors (Lipinski definition) is 1. The zero-order chi connectivity index (χ0) is 15.8. The van der Waals surface area contributed by atoms with Crippen LogP contribution in [0.15, 0.2) is 18.2 Å². The van der Waals surface area contributed by atoms with Gasteiger partial charge in [-0.25, -0.2) is 4.79 Å². The number of amides is 2. The van der Waals surface area contributed by atoms with Crippen molar-refractivity contribution in [1.82, 2.24) is 10.2 Å². The molecule has 1 N–H and O–H groups in total. The van der Waals surface area contributed by atoms with Gasteiger partial charge in [-0.05, 0) is 56.2 Å². The molecule has 5 nitrogen and oxygen atoms in total. The van der Waals surface area contributed by atoms with Gasteiger partial charge in [0.05, 0.1) is 6.04 Å². The van der Waals surface area contributed by atoms with E-state index in [1.165, 1.54) is 12.8 Å². The predicted molar refractivity (Wildman–Crippen MR) is 86.8 cm³/mol. The molecule has 23 heavy (non-hydrogen) atoms. The Balaban J connectivity index is 1.52. The number of ether oxygens (including phenoxy) is 2. The van der Waals surface area contributed by atoms with E-state index in [9.17, 15) is 4.79 Å². The van der Waals surface area contributed by atoms with E-state index >= 15 is 0 Å². The molecule has 1 atom stereocenters. The van der Waals surface area contributed by atoms with E-state index < -0.39 is 0 Å². The average Bonchev–Trinajstić information content (AvgIpc) is 3.46. The fourth-order valence-electron chi connectivity index (χ4n) is 3.33. The highest BCUT2D eigenvalue weighted by Gasteiger charge is 2.37. The second kappa shape index (κ2) is 5.95. The molecule has 0 bridgehead atoms. The van der Waals surface area contributed by atoms with E-state index in [2.05, 4.69) is 11.4 Å². The first kappa shape index (κ1) is 14.7. The molecule has 3 aliphatic rings. The van der Waals surface area contributed by atoms with Crippen LogP contribution in [0.1, 0.15) is 44.2 Å². The molecule has 5 heteroatoms. The number of rotatable bonds is 5. The number of carbonyl (C=O) groups excluding carboxylic acids is 1. The number of fused-ring (bicyclic) bond motifs is 1. The van der Waals surface area contributed by atoms with Crippen LogP contribution < -0.4 is 14.8 Å². The number of hydrogen-bond acceptors (Lipinski definition) is 3. The molecule has 2 amide bonds. The molecule has 124 valence electrons. The van der Waals surface area contributed by atoms with Crippen molar-refractivity contribution in [1.29, 1.82) is 0 Å². The van der Waals surface area contributed by atoms with Crippen molar-refractivity contribution in [2.24, 2.45) is 5.92 Å². The maximum absolute atomic E-state index is 12.6. The van der Waals surface area contributed by atoms with Crippen LogP contribution in [0.3, 0.4) is 0 Å². The van der Waals surface area contributed by atoms with Crippen molar-refractivity contribution in [3.63, 3.8) is 0 Å². The van der Waals surface area contributed by atoms with Gasteiger partial charge in [0.1, 0.15) is 13.2 Å². The minimum Gasteiger partial charge on any atom is -0.486 e. The van der Waals surface area contributed by atoms with Gasteiger partial charge in [-0.2, -0.15) is 0 Å². The molecule has 0 spiro atoms. The van der Waals surface area contributed by atoms with Crippen LogP contribution in [0.25, 0.3) is 0 Å². The first-order valence-electron chi connectivity index (χ1n) is 8.73. The molecular formula is C18H24N2O3. The van der Waals surface area contributed by atoms with Crippen LogP contribution in [-0.2, 0) is 0 Å². The lowest BCUT2D eigenvalue weighted by Crippen LogP contribution is -2.43. The first-order chi connectivity index (χ1) is 11.3. The third kappa shape index (κ3) is 3.09. The lowest BCUT2D eigenvalue weighted by Gasteiger charge is -2.27. The Morgan fingerprint density at radius 2 is 1.96 bits per heavy atom. The second-order valence-corrected chi connectivity index (χ2v) is 6.68. The molecule has 4 rings (SSSR count). The Morgan fingerprint density at radius 3 is 2.61 bits per heavy atom. The Hall–Kier alpha value is -1.91. The molecule has 2 fully saturated rings. The lowest BCUT2D eigenvalue weighted by atomic mass is 10.0. The predicted octanol–water partition coefficient (Wildman–Crippen LogP) is 3.10. The summed E-state index contributed by atoms with van der Waals surface area (Å²) in [5.41, 5.74) is 1.12. The Morgan fingerprint density at radius 1 is 1.22 bits per heavy atom. The fourth-order valence-corrected chi connectivity index (χ4v) is 3.33. The average molecular weight is 316 g/mol. The molecular weight excluding hydrogens is 292 g/mol. The van der Waals surface area contributed by atoms with Crippen molar-refractivity contribution < 1.29 is 14.3 Å². The highest BCUT2D eigenvalue weighted by molar-refractivity contribution is 5.75. The standard InChI is InChI=1S/C18H24N2O3/c1-2-20(14-6-7-14)18(21)19-17(12-3-4-12)13-5-8-15-16(11-13)23-10-9-22-15/h5,8,11-12,14,17H,2-4,6-7,9-10H2,1H3,(H,19,21)/t17-/m1/s1. The summed E-state index contributed by atoms with van der Waals surface area (Å²) in [5.74, 6) is 2.14. The van der Waals surface area contributed by atoms with Crippen molar-refractivity contribution in [2.45, 2.75) is 44.7 Å². The summed E-state index contributed by atoms with van der Waals surface area (Å²) in [7, 11) is 0. The third-order valence-corrected chi connectivity index (χ3v) is 4.89. The van der Waals surface area contributed by atoms with Gasteiger partial charge < -0.3 is 19.7 Å². The van der Waals surface area contributed by atoms with Gasteiger partial charge in [0.25, 0.3) is 0 Å². The normalized spacial score (nSPS) is 20.7. The molecule has 2 saturated carbocycles. The van der Waals surface area contributed by atoms with Gasteiger partial charge in [-0.1, -0.05) is 6.07 Å². The molecule has 1 aromatic carbocycles. The molecule has 1 aliphatic heterocycles. The zero-order valence-corrected chi connectivity index (χ0v) is 13.6. The highest BCUT2D eigenvalue weighted by Crippen LogP contribution is 2.43. The quantitative estimate of drug-likeness (QED) is 0.908. The minimum atomic E-state index is 0.0711. The Labute approximate surface area is 136 Å². The first-order valence-corrected chi connectivity index (χ1v) is 8.73. The summed E-state index contributed by atoms with van der Waals surface area (Å²) in [4.78, 5) is 14.6. The molecule has 2 aliphatic carbocycles. The van der Waals surface area contributed by atoms with Crippen LogP contribution in [0.5, 0.6) is 11.5 Å². The van der Waals surface area contributed by atoms with Gasteiger partial charge in [-0.15, -0.1) is 0 Å². The largest absolute Gasteiger partial charge is 0.486 e. The molecule has 0 aromatic heterocycles. The number of nitrogens with zero attached hydrogens (tertiary/aromatic N) is 1. The smallest absolute Gasteiger partial charge is 0.318 e. The fraction of sp³-hybridized carbons (Fsp3) is 0.611. The monoisotopic (exact) mass is 316 g/mol. The van der Waals surface area contributed by atoms with E-state index in [1.807, 2.05) is 24.0 Å². The van der Waals surface area contributed by atoms with Gasteiger partial charge in [0.15, 0.2) is 11.5 Å². The Kier molecular flexibility index (Phi) is 3.79. The van der Waals surface area contributed by atoms with Crippen LogP contribution in [0, 0.1) is 5.92 Å². The van der Waals surface area contributed by atoms with Crippen molar-refractivity contribution >= 4 is 6.03 Å². The van der Waals surface area contributed by atoms with Gasteiger partial charge in [-0.3, -0.25) is 0 Å². The van der Waals surface area contributed by atoms with Crippen molar-refractivity contribution in [3.05, 3.63) is 23.8 Å². The highest BCUT2D eigenvalue weighted by atomic mass is 16.6. The van der Waals surface area contributed by atoms with Gasteiger partial charge in [0, 0.05) is 12.6 Å². The molecule has 0 saturated heterocycles. The minimum absolute atomic E-state index is 0.0711. The van der Waals surface area contributed by atoms with Gasteiger partial charge in [0.2, 0.25) is 0 Å². The summed E-state index contributed by atoms with van der Waals surface area (Å²) >= 11 is 0. The topological polar surface area (TPSA) is 50.8 Å². The van der Waals surface area contributed by atoms with Crippen LogP contribution in [0.2, 0.25) is 0 Å². The van der Waals surface area contributed by atoms with Crippen LogP contribution in [0.4, 0.5) is 4.79 Å². The van der Waals surface area contributed by atoms with E-state index in [1.54, 1.807) is 0 Å². The molecule has 1 aromatic rings. The number of urea groups is 1. The van der Waals surface area contributed by atoms with Crippen LogP contribution >= 0.6 is 0 Å². The maximum Gasteiger partial charge on any atom is 0.318 e. The number of carbonyl (C=O) groups is 1. The SMILES string of the molecule is CCN(C(=O)N[C@@H](c1ccc2c(c1)OCCO2)C1CC1)C1CC1. The summed E-state index contributed by atoms with van der Waals surface area (Å²) in [5, 5.41) is 3.27. The Bertz CT molecular complexity index is 596. The summed E-state index contributed by atoms with van der Waals surface area (Å²) < 4.78 is 11.3. The second-order valence-electron chi connectivity index (χ2n) is 6.68. The molecule has 0 radical (unpaired) electrons. The lowest BCUT2D eigenvalue weighted by molar-refractivity contribution is 0.171. The van der Waals surface area contributed by atoms with E-state index in [0.717, 1.165) is 36.4 Å². The summed E-state index contributed by atoms with van der Waals surface area (Å²) in [6, 6.07) is 6.65. The van der Waals surface area contributed by atoms with E-state index in [4.69, 9.17) is 9.47 Å². The molecule has 1 heterocycles. The molecule has 0 unspecified atom stereocenters. The summed E-state index contributed by atoms with van der Waals surface area (Å²) in [6.07, 6.45) is 4.63. The number of benzene rings is 1. The third-order valence-electron chi connectivity index (χ3n) is 4.89.